The lowest BCUT2D eigenvalue weighted by atomic mass is 10.1. The Morgan fingerprint density at radius 2 is 0.960 bits per heavy atom. The molecule has 0 saturated heterocycles. The molecule has 3 aromatic rings. The van der Waals surface area contributed by atoms with Crippen LogP contribution in [0.15, 0.2) is 36.4 Å². The standard InChI is InChI=1S/C17H6Cl7N/c18-10-5-14(22)12(20)3-8(10)7-1-2-16(25-17(7)24)9-4-13(21)15(23)6-11(9)19/h1-6H. The molecule has 0 unspecified atom stereocenters. The predicted octanol–water partition coefficient (Wildman–Crippen LogP) is 8.99. The zero-order valence-corrected chi connectivity index (χ0v) is 17.3. The normalized spacial score (nSPS) is 11.0. The molecule has 8 heteroatoms. The van der Waals surface area contributed by atoms with Crippen molar-refractivity contribution < 1.29 is 0 Å². The van der Waals surface area contributed by atoms with Crippen LogP contribution in [0.3, 0.4) is 0 Å². The summed E-state index contributed by atoms with van der Waals surface area (Å²) in [6.45, 7) is 0. The van der Waals surface area contributed by atoms with Crippen LogP contribution < -0.4 is 0 Å². The van der Waals surface area contributed by atoms with Crippen LogP contribution in [-0.2, 0) is 0 Å². The van der Waals surface area contributed by atoms with E-state index in [1.807, 2.05) is 0 Å². The molecule has 128 valence electrons. The fourth-order valence-electron chi connectivity index (χ4n) is 2.23. The SMILES string of the molecule is Clc1cc(Cl)c(-c2ccc(-c3cc(Cl)c(Cl)cc3Cl)c(Cl)n2)cc1Cl. The molecule has 0 bridgehead atoms. The molecule has 0 spiro atoms. The Bertz CT molecular complexity index is 985. The van der Waals surface area contributed by atoms with Crippen LogP contribution >= 0.6 is 81.2 Å². The number of hydrogen-bond acceptors (Lipinski definition) is 1. The van der Waals surface area contributed by atoms with Crippen LogP contribution in [-0.4, -0.2) is 4.98 Å². The molecular formula is C17H6Cl7N. The van der Waals surface area contributed by atoms with E-state index in [1.54, 1.807) is 36.4 Å². The third-order valence-electron chi connectivity index (χ3n) is 3.43. The van der Waals surface area contributed by atoms with E-state index in [0.29, 0.717) is 52.5 Å². The van der Waals surface area contributed by atoms with Gasteiger partial charge in [-0.05, 0) is 36.4 Å². The first-order valence-electron chi connectivity index (χ1n) is 6.74. The van der Waals surface area contributed by atoms with Gasteiger partial charge in [-0.3, -0.25) is 0 Å². The van der Waals surface area contributed by atoms with Gasteiger partial charge in [0, 0.05) is 16.7 Å². The van der Waals surface area contributed by atoms with E-state index < -0.39 is 0 Å². The van der Waals surface area contributed by atoms with Crippen molar-refractivity contribution in [2.24, 2.45) is 0 Å². The highest BCUT2D eigenvalue weighted by Gasteiger charge is 2.15. The lowest BCUT2D eigenvalue weighted by Crippen LogP contribution is -1.90. The second-order valence-corrected chi connectivity index (χ2v) is 7.83. The summed E-state index contributed by atoms with van der Waals surface area (Å²) in [6, 6.07) is 9.92. The number of benzene rings is 2. The van der Waals surface area contributed by atoms with E-state index in [0.717, 1.165) is 0 Å². The van der Waals surface area contributed by atoms with Gasteiger partial charge >= 0.3 is 0 Å². The van der Waals surface area contributed by atoms with Gasteiger partial charge in [0.2, 0.25) is 0 Å². The lowest BCUT2D eigenvalue weighted by Gasteiger charge is -2.11. The highest BCUT2D eigenvalue weighted by atomic mass is 35.5. The quantitative estimate of drug-likeness (QED) is 0.268. The minimum absolute atomic E-state index is 0.236. The van der Waals surface area contributed by atoms with Gasteiger partial charge in [0.1, 0.15) is 5.15 Å². The molecule has 1 aromatic heterocycles. The first-order valence-corrected chi connectivity index (χ1v) is 9.39. The summed E-state index contributed by atoms with van der Waals surface area (Å²) >= 11 is 42.9. The first kappa shape index (κ1) is 19.4. The average Bonchev–Trinajstić information content (AvgIpc) is 2.55. The number of rotatable bonds is 2. The van der Waals surface area contributed by atoms with Crippen molar-refractivity contribution in [2.45, 2.75) is 0 Å². The smallest absolute Gasteiger partial charge is 0.137 e. The van der Waals surface area contributed by atoms with Crippen molar-refractivity contribution in [3.8, 4) is 22.4 Å². The molecule has 3 rings (SSSR count). The van der Waals surface area contributed by atoms with Crippen molar-refractivity contribution in [2.75, 3.05) is 0 Å². The number of halogens is 7. The maximum Gasteiger partial charge on any atom is 0.137 e. The van der Waals surface area contributed by atoms with E-state index in [1.165, 1.54) is 0 Å². The summed E-state index contributed by atoms with van der Waals surface area (Å²) in [6.07, 6.45) is 0. The summed E-state index contributed by atoms with van der Waals surface area (Å²) in [7, 11) is 0. The number of aromatic nitrogens is 1. The van der Waals surface area contributed by atoms with Gasteiger partial charge in [-0.15, -0.1) is 0 Å². The molecule has 1 nitrogen and oxygen atoms in total. The third kappa shape index (κ3) is 3.99. The van der Waals surface area contributed by atoms with Gasteiger partial charge in [-0.25, -0.2) is 4.98 Å². The molecule has 0 aliphatic carbocycles. The summed E-state index contributed by atoms with van der Waals surface area (Å²) in [5.74, 6) is 0. The fourth-order valence-corrected chi connectivity index (χ4v) is 3.78. The Balaban J connectivity index is 2.11. The van der Waals surface area contributed by atoms with E-state index in [-0.39, 0.29) is 5.15 Å². The molecule has 2 aromatic carbocycles. The van der Waals surface area contributed by atoms with E-state index in [9.17, 15) is 0 Å². The Kier molecular flexibility index (Phi) is 5.97. The summed E-state index contributed by atoms with van der Waals surface area (Å²) < 4.78 is 0. The highest BCUT2D eigenvalue weighted by Crippen LogP contribution is 2.40. The second-order valence-electron chi connectivity index (χ2n) is 5.03. The largest absolute Gasteiger partial charge is 0.235 e. The van der Waals surface area contributed by atoms with Crippen LogP contribution in [0.2, 0.25) is 35.3 Å². The number of hydrogen-bond donors (Lipinski definition) is 0. The van der Waals surface area contributed by atoms with Crippen LogP contribution in [0.4, 0.5) is 0 Å². The summed E-state index contributed by atoms with van der Waals surface area (Å²) in [5, 5.41) is 2.53. The molecule has 0 aliphatic heterocycles. The van der Waals surface area contributed by atoms with Crippen LogP contribution in [0, 0.1) is 0 Å². The zero-order chi connectivity index (χ0) is 18.3. The monoisotopic (exact) mass is 469 g/mol. The first-order chi connectivity index (χ1) is 11.8. The molecule has 0 amide bonds. The minimum atomic E-state index is 0.236. The topological polar surface area (TPSA) is 12.9 Å². The molecule has 0 radical (unpaired) electrons. The molecule has 25 heavy (non-hydrogen) atoms. The highest BCUT2D eigenvalue weighted by molar-refractivity contribution is 6.45. The minimum Gasteiger partial charge on any atom is -0.235 e. The molecule has 0 atom stereocenters. The molecule has 0 aliphatic rings. The van der Waals surface area contributed by atoms with Gasteiger partial charge in [0.15, 0.2) is 0 Å². The van der Waals surface area contributed by atoms with Crippen molar-refractivity contribution >= 4 is 81.2 Å². The van der Waals surface area contributed by atoms with Gasteiger partial charge in [0.25, 0.3) is 0 Å². The van der Waals surface area contributed by atoms with Crippen molar-refractivity contribution in [3.63, 3.8) is 0 Å². The van der Waals surface area contributed by atoms with E-state index >= 15 is 0 Å². The van der Waals surface area contributed by atoms with Gasteiger partial charge < -0.3 is 0 Å². The zero-order valence-electron chi connectivity index (χ0n) is 12.1. The van der Waals surface area contributed by atoms with Crippen LogP contribution in [0.1, 0.15) is 0 Å². The summed E-state index contributed by atoms with van der Waals surface area (Å²) in [4.78, 5) is 4.39. The van der Waals surface area contributed by atoms with Gasteiger partial charge in [-0.2, -0.15) is 0 Å². The third-order valence-corrected chi connectivity index (χ3v) is 5.79. The predicted molar refractivity (Wildman–Crippen MR) is 110 cm³/mol. The van der Waals surface area contributed by atoms with E-state index in [2.05, 4.69) is 4.98 Å². The lowest BCUT2D eigenvalue weighted by molar-refractivity contribution is 1.32. The Labute approximate surface area is 179 Å². The van der Waals surface area contributed by atoms with Crippen LogP contribution in [0.25, 0.3) is 22.4 Å². The Hall–Kier alpha value is -0.380. The maximum atomic E-state index is 6.35. The second kappa shape index (κ2) is 7.70. The van der Waals surface area contributed by atoms with Gasteiger partial charge in [-0.1, -0.05) is 81.2 Å². The maximum absolute atomic E-state index is 6.35. The fraction of sp³-hybridized carbons (Fsp3) is 0. The summed E-state index contributed by atoms with van der Waals surface area (Å²) in [5.41, 5.74) is 2.41. The van der Waals surface area contributed by atoms with Crippen LogP contribution in [0.5, 0.6) is 0 Å². The molecule has 0 saturated carbocycles. The Morgan fingerprint density at radius 3 is 1.52 bits per heavy atom. The van der Waals surface area contributed by atoms with Crippen molar-refractivity contribution in [1.29, 1.82) is 0 Å². The van der Waals surface area contributed by atoms with Gasteiger partial charge in [0.05, 0.1) is 35.8 Å². The Morgan fingerprint density at radius 1 is 0.480 bits per heavy atom. The molecule has 0 N–H and O–H groups in total. The average molecular weight is 472 g/mol. The number of pyridine rings is 1. The molecule has 1 heterocycles. The molecule has 0 fully saturated rings. The van der Waals surface area contributed by atoms with E-state index in [4.69, 9.17) is 81.2 Å². The van der Waals surface area contributed by atoms with Crippen molar-refractivity contribution in [1.82, 2.24) is 4.98 Å². The molecular weight excluding hydrogens is 466 g/mol. The van der Waals surface area contributed by atoms with Crippen molar-refractivity contribution in [3.05, 3.63) is 71.7 Å². The number of nitrogens with zero attached hydrogens (tertiary/aromatic N) is 1.